The third-order valence-corrected chi connectivity index (χ3v) is 5.09. The summed E-state index contributed by atoms with van der Waals surface area (Å²) < 4.78 is 6.21. The highest BCUT2D eigenvalue weighted by Gasteiger charge is 2.31. The molecule has 0 radical (unpaired) electrons. The fourth-order valence-corrected chi connectivity index (χ4v) is 3.33. The lowest BCUT2D eigenvalue weighted by Gasteiger charge is -2.41. The van der Waals surface area contributed by atoms with Gasteiger partial charge in [-0.1, -0.05) is 11.6 Å². The van der Waals surface area contributed by atoms with Gasteiger partial charge < -0.3 is 14.5 Å². The van der Waals surface area contributed by atoms with E-state index in [0.29, 0.717) is 30.2 Å². The van der Waals surface area contributed by atoms with Gasteiger partial charge in [0.1, 0.15) is 5.60 Å². The van der Waals surface area contributed by atoms with Crippen molar-refractivity contribution in [1.82, 2.24) is 4.90 Å². The van der Waals surface area contributed by atoms with Gasteiger partial charge in [-0.3, -0.25) is 0 Å². The topological polar surface area (TPSA) is 56.6 Å². The number of nitriles is 1. The van der Waals surface area contributed by atoms with Crippen LogP contribution in [-0.2, 0) is 4.74 Å². The van der Waals surface area contributed by atoms with Crippen LogP contribution < -0.4 is 4.90 Å². The minimum absolute atomic E-state index is 0.0765. The van der Waals surface area contributed by atoms with Gasteiger partial charge in [-0.25, -0.2) is 4.79 Å². The van der Waals surface area contributed by atoms with Gasteiger partial charge in [0.15, 0.2) is 0 Å². The molecule has 0 aliphatic carbocycles. The molecule has 1 aromatic carbocycles. The van der Waals surface area contributed by atoms with E-state index >= 15 is 0 Å². The highest BCUT2D eigenvalue weighted by Crippen LogP contribution is 2.36. The van der Waals surface area contributed by atoms with Gasteiger partial charge in [0.25, 0.3) is 0 Å². The molecule has 0 spiro atoms. The van der Waals surface area contributed by atoms with Crippen molar-refractivity contribution in [2.75, 3.05) is 24.5 Å². The molecule has 5 nitrogen and oxygen atoms in total. The second-order valence-electron chi connectivity index (χ2n) is 6.87. The summed E-state index contributed by atoms with van der Waals surface area (Å²) in [6.45, 7) is 9.36. The van der Waals surface area contributed by atoms with E-state index in [0.717, 1.165) is 10.2 Å². The van der Waals surface area contributed by atoms with Gasteiger partial charge in [-0.15, -0.1) is 0 Å². The van der Waals surface area contributed by atoms with Crippen molar-refractivity contribution in [1.29, 1.82) is 5.26 Å². The van der Waals surface area contributed by atoms with E-state index in [2.05, 4.69) is 26.9 Å². The Morgan fingerprint density at radius 2 is 2.08 bits per heavy atom. The molecule has 24 heavy (non-hydrogen) atoms. The molecule has 1 aliphatic rings. The van der Waals surface area contributed by atoms with Crippen molar-refractivity contribution in [3.63, 3.8) is 0 Å². The Kier molecular flexibility index (Phi) is 5.67. The van der Waals surface area contributed by atoms with Gasteiger partial charge in [-0.05, 0) is 55.8 Å². The average Bonchev–Trinajstić information content (AvgIpc) is 2.48. The minimum Gasteiger partial charge on any atom is -0.444 e. The van der Waals surface area contributed by atoms with E-state index in [1.807, 2.05) is 33.8 Å². The molecular formula is C17H21BrClN3O2. The summed E-state index contributed by atoms with van der Waals surface area (Å²) in [6, 6.07) is 5.65. The Morgan fingerprint density at radius 1 is 1.42 bits per heavy atom. The van der Waals surface area contributed by atoms with Crippen molar-refractivity contribution in [3.8, 4) is 6.07 Å². The molecule has 1 aliphatic heterocycles. The molecule has 1 aromatic rings. The molecule has 1 heterocycles. The predicted molar refractivity (Wildman–Crippen MR) is 98.5 cm³/mol. The first kappa shape index (κ1) is 18.9. The lowest BCUT2D eigenvalue weighted by molar-refractivity contribution is 0.0219. The average molecular weight is 415 g/mol. The predicted octanol–water partition coefficient (Wildman–Crippen LogP) is 4.42. The number of rotatable bonds is 1. The maximum absolute atomic E-state index is 12.2. The van der Waals surface area contributed by atoms with Crippen LogP contribution in [0.3, 0.4) is 0 Å². The summed E-state index contributed by atoms with van der Waals surface area (Å²) >= 11 is 9.71. The number of halogens is 2. The number of benzene rings is 1. The Morgan fingerprint density at radius 3 is 2.62 bits per heavy atom. The molecule has 1 amide bonds. The zero-order valence-corrected chi connectivity index (χ0v) is 16.6. The first-order chi connectivity index (χ1) is 11.1. The number of nitrogens with zero attached hydrogens (tertiary/aromatic N) is 3. The van der Waals surface area contributed by atoms with Crippen LogP contribution in [0.2, 0.25) is 5.02 Å². The fraction of sp³-hybridized carbons (Fsp3) is 0.529. The molecule has 0 bridgehead atoms. The van der Waals surface area contributed by atoms with E-state index in [1.165, 1.54) is 0 Å². The zero-order chi connectivity index (χ0) is 18.1. The van der Waals surface area contributed by atoms with Gasteiger partial charge >= 0.3 is 6.09 Å². The third kappa shape index (κ3) is 4.34. The molecule has 7 heteroatoms. The number of ether oxygens (including phenoxy) is 1. The number of anilines is 1. The number of hydrogen-bond donors (Lipinski definition) is 0. The lowest BCUT2D eigenvalue weighted by Crippen LogP contribution is -2.54. The highest BCUT2D eigenvalue weighted by atomic mass is 79.9. The van der Waals surface area contributed by atoms with E-state index in [-0.39, 0.29) is 12.1 Å². The van der Waals surface area contributed by atoms with Crippen LogP contribution in [-0.4, -0.2) is 42.3 Å². The summed E-state index contributed by atoms with van der Waals surface area (Å²) in [4.78, 5) is 16.1. The molecule has 2 rings (SSSR count). The standard InChI is InChI=1S/C17H21BrClN3O2/c1-11-10-21(16(23)24-17(2,3)4)5-6-22(11)14-8-12(9-20)7-13(19)15(14)18/h7-8,11H,5-6,10H2,1-4H3/t11-/m0/s1. The third-order valence-electron chi connectivity index (χ3n) is 3.73. The van der Waals surface area contributed by atoms with Crippen molar-refractivity contribution in [3.05, 3.63) is 27.2 Å². The molecule has 0 unspecified atom stereocenters. The second-order valence-corrected chi connectivity index (χ2v) is 8.07. The van der Waals surface area contributed by atoms with Crippen LogP contribution >= 0.6 is 27.5 Å². The zero-order valence-electron chi connectivity index (χ0n) is 14.3. The number of amides is 1. The van der Waals surface area contributed by atoms with Crippen LogP contribution in [0.1, 0.15) is 33.3 Å². The van der Waals surface area contributed by atoms with Crippen molar-refractivity contribution >= 4 is 39.3 Å². The summed E-state index contributed by atoms with van der Waals surface area (Å²) in [5.74, 6) is 0. The molecule has 130 valence electrons. The maximum Gasteiger partial charge on any atom is 0.410 e. The number of carbonyl (C=O) groups excluding carboxylic acids is 1. The van der Waals surface area contributed by atoms with Gasteiger partial charge in [0.2, 0.25) is 0 Å². The van der Waals surface area contributed by atoms with Crippen molar-refractivity contribution in [2.45, 2.75) is 39.3 Å². The van der Waals surface area contributed by atoms with Gasteiger partial charge in [0, 0.05) is 25.7 Å². The molecule has 0 aromatic heterocycles. The van der Waals surface area contributed by atoms with Crippen molar-refractivity contribution < 1.29 is 9.53 Å². The summed E-state index contributed by atoms with van der Waals surface area (Å²) in [6.07, 6.45) is -0.295. The molecule has 0 saturated carbocycles. The lowest BCUT2D eigenvalue weighted by atomic mass is 10.1. The minimum atomic E-state index is -0.505. The first-order valence-electron chi connectivity index (χ1n) is 7.76. The van der Waals surface area contributed by atoms with E-state index in [1.54, 1.807) is 11.0 Å². The molecule has 1 saturated heterocycles. The summed E-state index contributed by atoms with van der Waals surface area (Å²) in [7, 11) is 0. The quantitative estimate of drug-likeness (QED) is 0.682. The van der Waals surface area contributed by atoms with Crippen LogP contribution in [0, 0.1) is 11.3 Å². The van der Waals surface area contributed by atoms with E-state index in [9.17, 15) is 4.79 Å². The molecular weight excluding hydrogens is 394 g/mol. The Bertz CT molecular complexity index is 682. The van der Waals surface area contributed by atoms with Crippen LogP contribution in [0.25, 0.3) is 0 Å². The van der Waals surface area contributed by atoms with E-state index in [4.69, 9.17) is 21.6 Å². The monoisotopic (exact) mass is 413 g/mol. The Hall–Kier alpha value is -1.45. The molecule has 0 N–H and O–H groups in total. The van der Waals surface area contributed by atoms with Crippen LogP contribution in [0.15, 0.2) is 16.6 Å². The number of hydrogen-bond acceptors (Lipinski definition) is 4. The Balaban J connectivity index is 2.16. The first-order valence-corrected chi connectivity index (χ1v) is 8.93. The molecule has 1 fully saturated rings. The van der Waals surface area contributed by atoms with Gasteiger partial charge in [0.05, 0.1) is 26.8 Å². The van der Waals surface area contributed by atoms with Gasteiger partial charge in [-0.2, -0.15) is 5.26 Å². The van der Waals surface area contributed by atoms with Crippen LogP contribution in [0.5, 0.6) is 0 Å². The summed E-state index contributed by atoms with van der Waals surface area (Å²) in [5, 5.41) is 9.66. The normalized spacial score (nSPS) is 18.3. The number of carbonyl (C=O) groups is 1. The highest BCUT2D eigenvalue weighted by molar-refractivity contribution is 9.10. The Labute approximate surface area is 156 Å². The van der Waals surface area contributed by atoms with E-state index < -0.39 is 5.60 Å². The van der Waals surface area contributed by atoms with Crippen LogP contribution in [0.4, 0.5) is 10.5 Å². The van der Waals surface area contributed by atoms with Crippen molar-refractivity contribution in [2.24, 2.45) is 0 Å². The second kappa shape index (κ2) is 7.20. The summed E-state index contributed by atoms with van der Waals surface area (Å²) in [5.41, 5.74) is 0.880. The smallest absolute Gasteiger partial charge is 0.410 e. The molecule has 1 atom stereocenters. The number of piperazine rings is 1. The maximum atomic E-state index is 12.2. The largest absolute Gasteiger partial charge is 0.444 e. The SMILES string of the molecule is C[C@H]1CN(C(=O)OC(C)(C)C)CCN1c1cc(C#N)cc(Cl)c1Br. The fourth-order valence-electron chi connectivity index (χ4n) is 2.66.